The third-order valence-electron chi connectivity index (χ3n) is 4.77. The van der Waals surface area contributed by atoms with Gasteiger partial charge in [-0.15, -0.1) is 0 Å². The van der Waals surface area contributed by atoms with Crippen LogP contribution in [-0.4, -0.2) is 22.9 Å². The number of aryl methyl sites for hydroxylation is 1. The third-order valence-corrected chi connectivity index (χ3v) is 5.47. The average molecular weight is 458 g/mol. The molecule has 0 bridgehead atoms. The van der Waals surface area contributed by atoms with Crippen LogP contribution in [0.1, 0.15) is 46.7 Å². The Hall–Kier alpha value is -2.76. The molecule has 0 spiro atoms. The smallest absolute Gasteiger partial charge is 0.338 e. The highest BCUT2D eigenvalue weighted by atomic mass is 35.5. The number of aromatic nitrogens is 1. The van der Waals surface area contributed by atoms with Gasteiger partial charge < -0.3 is 14.7 Å². The minimum atomic E-state index is -0.330. The Kier molecular flexibility index (Phi) is 7.42. The molecule has 1 heterocycles. The largest absolute Gasteiger partial charge is 0.459 e. The van der Waals surface area contributed by atoms with E-state index in [0.717, 1.165) is 28.2 Å². The summed E-state index contributed by atoms with van der Waals surface area (Å²) in [6, 6.07) is 14.9. The molecule has 5 nitrogen and oxygen atoms in total. The molecule has 1 aromatic heterocycles. The molecule has 0 aliphatic rings. The summed E-state index contributed by atoms with van der Waals surface area (Å²) >= 11 is 12.4. The number of nitrogens with one attached hydrogen (secondary N) is 1. The van der Waals surface area contributed by atoms with Crippen molar-refractivity contribution in [3.63, 3.8) is 0 Å². The average Bonchev–Trinajstić information content (AvgIpc) is 3.00. The van der Waals surface area contributed by atoms with E-state index in [-0.39, 0.29) is 12.1 Å². The summed E-state index contributed by atoms with van der Waals surface area (Å²) in [6.07, 6.45) is 1.60. The Bertz CT molecular complexity index is 1100. The number of hydrazone groups is 1. The van der Waals surface area contributed by atoms with Gasteiger partial charge in [0.1, 0.15) is 0 Å². The van der Waals surface area contributed by atoms with E-state index in [9.17, 15) is 4.79 Å². The number of carbonyl (C=O) groups excluding carboxylic acids is 1. The summed E-state index contributed by atoms with van der Waals surface area (Å²) in [5.74, 6) is -0.330. The van der Waals surface area contributed by atoms with Gasteiger partial charge in [0.25, 0.3) is 0 Å². The summed E-state index contributed by atoms with van der Waals surface area (Å²) < 4.78 is 7.40. The highest BCUT2D eigenvalue weighted by Crippen LogP contribution is 2.24. The second kappa shape index (κ2) is 10.0. The van der Waals surface area contributed by atoms with Crippen LogP contribution in [0, 0.1) is 13.8 Å². The first-order chi connectivity index (χ1) is 14.8. The fourth-order valence-corrected chi connectivity index (χ4v) is 3.84. The highest BCUT2D eigenvalue weighted by molar-refractivity contribution is 6.35. The fourth-order valence-electron chi connectivity index (χ4n) is 3.31. The molecule has 0 unspecified atom stereocenters. The summed E-state index contributed by atoms with van der Waals surface area (Å²) in [5, 5.41) is 5.53. The molecular weight excluding hydrogens is 433 g/mol. The number of halogens is 2. The van der Waals surface area contributed by atoms with Gasteiger partial charge >= 0.3 is 5.97 Å². The Labute approximate surface area is 192 Å². The Morgan fingerprint density at radius 3 is 2.48 bits per heavy atom. The van der Waals surface area contributed by atoms with Gasteiger partial charge in [0, 0.05) is 38.2 Å². The monoisotopic (exact) mass is 457 g/mol. The first-order valence-electron chi connectivity index (χ1n) is 9.97. The van der Waals surface area contributed by atoms with E-state index in [0.29, 0.717) is 22.2 Å². The molecule has 0 aliphatic carbocycles. The first kappa shape index (κ1) is 22.9. The number of benzene rings is 2. The van der Waals surface area contributed by atoms with E-state index < -0.39 is 0 Å². The van der Waals surface area contributed by atoms with Crippen molar-refractivity contribution in [2.75, 3.05) is 0 Å². The molecule has 0 saturated heterocycles. The second-order valence-corrected chi connectivity index (χ2v) is 8.27. The predicted octanol–water partition coefficient (Wildman–Crippen LogP) is 6.09. The fraction of sp³-hybridized carbons (Fsp3) is 0.250. The molecule has 3 rings (SSSR count). The van der Waals surface area contributed by atoms with E-state index in [1.54, 1.807) is 24.4 Å². The van der Waals surface area contributed by atoms with Crippen LogP contribution >= 0.6 is 23.2 Å². The Balaban J connectivity index is 1.78. The molecular formula is C24H25Cl2N3O2. The van der Waals surface area contributed by atoms with Crippen molar-refractivity contribution < 1.29 is 9.53 Å². The van der Waals surface area contributed by atoms with Crippen molar-refractivity contribution in [3.8, 4) is 5.69 Å². The zero-order valence-corrected chi connectivity index (χ0v) is 19.5. The van der Waals surface area contributed by atoms with Crippen LogP contribution in [0.25, 0.3) is 5.69 Å². The topological polar surface area (TPSA) is 55.6 Å². The van der Waals surface area contributed by atoms with E-state index in [4.69, 9.17) is 27.9 Å². The summed E-state index contributed by atoms with van der Waals surface area (Å²) in [7, 11) is 0. The van der Waals surface area contributed by atoms with Gasteiger partial charge in [0.15, 0.2) is 0 Å². The molecule has 31 heavy (non-hydrogen) atoms. The van der Waals surface area contributed by atoms with Gasteiger partial charge in [0.2, 0.25) is 0 Å². The van der Waals surface area contributed by atoms with Crippen LogP contribution in [0.15, 0.2) is 53.6 Å². The lowest BCUT2D eigenvalue weighted by Gasteiger charge is -2.12. The Morgan fingerprint density at radius 2 is 1.81 bits per heavy atom. The van der Waals surface area contributed by atoms with Crippen LogP contribution in [0.2, 0.25) is 10.0 Å². The molecule has 0 atom stereocenters. The standard InChI is InChI=1S/C24H25Cl2N3O2/c1-15(2)31-24(30)18-7-5-8-20(12-18)29-16(3)11-19(17(29)4)13-27-28-14-21-22(25)9-6-10-23(21)26/h5-13,15,28H,14H2,1-4H3/b27-13+. The molecule has 0 saturated carbocycles. The number of carbonyl (C=O) groups is 1. The van der Waals surface area contributed by atoms with Gasteiger partial charge in [-0.05, 0) is 64.1 Å². The quantitative estimate of drug-likeness (QED) is 0.265. The summed E-state index contributed by atoms with van der Waals surface area (Å²) in [4.78, 5) is 12.3. The minimum absolute atomic E-state index is 0.165. The maximum atomic E-state index is 12.3. The van der Waals surface area contributed by atoms with Crippen LogP contribution in [-0.2, 0) is 11.3 Å². The van der Waals surface area contributed by atoms with E-state index >= 15 is 0 Å². The molecule has 0 radical (unpaired) electrons. The molecule has 2 aromatic carbocycles. The number of ether oxygens (including phenoxy) is 1. The van der Waals surface area contributed by atoms with Crippen LogP contribution < -0.4 is 5.43 Å². The maximum Gasteiger partial charge on any atom is 0.338 e. The normalized spacial score (nSPS) is 11.3. The highest BCUT2D eigenvalue weighted by Gasteiger charge is 2.13. The molecule has 3 aromatic rings. The number of esters is 1. The van der Waals surface area contributed by atoms with Crippen molar-refractivity contribution in [2.45, 2.75) is 40.3 Å². The molecule has 0 amide bonds. The molecule has 7 heteroatoms. The van der Waals surface area contributed by atoms with Crippen molar-refractivity contribution >= 4 is 35.4 Å². The molecule has 1 N–H and O–H groups in total. The van der Waals surface area contributed by atoms with Gasteiger partial charge in [-0.25, -0.2) is 4.79 Å². The SMILES string of the molecule is Cc1cc(/C=N/NCc2c(Cl)cccc2Cl)c(C)n1-c1cccc(C(=O)OC(C)C)c1. The lowest BCUT2D eigenvalue weighted by molar-refractivity contribution is 0.0378. The molecule has 0 fully saturated rings. The lowest BCUT2D eigenvalue weighted by atomic mass is 10.2. The minimum Gasteiger partial charge on any atom is -0.459 e. The number of nitrogens with zero attached hydrogens (tertiary/aromatic N) is 2. The van der Waals surface area contributed by atoms with Crippen LogP contribution in [0.4, 0.5) is 0 Å². The molecule has 0 aliphatic heterocycles. The second-order valence-electron chi connectivity index (χ2n) is 7.46. The number of hydrogen-bond acceptors (Lipinski definition) is 4. The van der Waals surface area contributed by atoms with Crippen molar-refractivity contribution in [2.24, 2.45) is 5.10 Å². The molecule has 162 valence electrons. The summed E-state index contributed by atoms with van der Waals surface area (Å²) in [5.41, 5.74) is 8.22. The van der Waals surface area contributed by atoms with Crippen molar-refractivity contribution in [1.29, 1.82) is 0 Å². The van der Waals surface area contributed by atoms with E-state index in [2.05, 4.69) is 15.1 Å². The number of hydrogen-bond donors (Lipinski definition) is 1. The van der Waals surface area contributed by atoms with Crippen molar-refractivity contribution in [1.82, 2.24) is 9.99 Å². The van der Waals surface area contributed by atoms with E-state index in [1.165, 1.54) is 0 Å². The van der Waals surface area contributed by atoms with Gasteiger partial charge in [0.05, 0.1) is 24.4 Å². The Morgan fingerprint density at radius 1 is 1.13 bits per heavy atom. The zero-order valence-electron chi connectivity index (χ0n) is 17.9. The van der Waals surface area contributed by atoms with Crippen LogP contribution in [0.3, 0.4) is 0 Å². The predicted molar refractivity (Wildman–Crippen MR) is 127 cm³/mol. The van der Waals surface area contributed by atoms with Gasteiger partial charge in [-0.3, -0.25) is 0 Å². The van der Waals surface area contributed by atoms with E-state index in [1.807, 2.05) is 58.0 Å². The van der Waals surface area contributed by atoms with Gasteiger partial charge in [-0.1, -0.05) is 35.3 Å². The van der Waals surface area contributed by atoms with Crippen molar-refractivity contribution in [3.05, 3.63) is 86.7 Å². The maximum absolute atomic E-state index is 12.3. The summed E-state index contributed by atoms with van der Waals surface area (Å²) in [6.45, 7) is 8.12. The first-order valence-corrected chi connectivity index (χ1v) is 10.7. The third kappa shape index (κ3) is 5.49. The lowest BCUT2D eigenvalue weighted by Crippen LogP contribution is -2.12. The van der Waals surface area contributed by atoms with Gasteiger partial charge in [-0.2, -0.15) is 5.10 Å². The zero-order chi connectivity index (χ0) is 22.5. The van der Waals surface area contributed by atoms with Crippen LogP contribution in [0.5, 0.6) is 0 Å². The number of rotatable bonds is 7.